The van der Waals surface area contributed by atoms with Crippen LogP contribution in [0, 0.1) is 0 Å². The van der Waals surface area contributed by atoms with E-state index < -0.39 is 12.0 Å². The smallest absolute Gasteiger partial charge is 0.258 e. The Labute approximate surface area is 101 Å². The highest BCUT2D eigenvalue weighted by Crippen LogP contribution is 2.30. The zero-order valence-electron chi connectivity index (χ0n) is 9.98. The van der Waals surface area contributed by atoms with Crippen molar-refractivity contribution >= 4 is 5.91 Å². The Morgan fingerprint density at radius 1 is 1.53 bits per heavy atom. The third-order valence-corrected chi connectivity index (χ3v) is 3.19. The number of benzene rings is 1. The second kappa shape index (κ2) is 4.75. The molecule has 4 N–H and O–H groups in total. The van der Waals surface area contributed by atoms with E-state index in [0.717, 1.165) is 19.3 Å². The van der Waals surface area contributed by atoms with Crippen LogP contribution in [0.1, 0.15) is 36.9 Å². The first kappa shape index (κ1) is 11.9. The summed E-state index contributed by atoms with van der Waals surface area (Å²) in [4.78, 5) is 10.9. The van der Waals surface area contributed by atoms with Crippen molar-refractivity contribution in [3.63, 3.8) is 0 Å². The topological polar surface area (TPSA) is 78.3 Å². The van der Waals surface area contributed by atoms with Crippen molar-refractivity contribution in [1.82, 2.24) is 0 Å². The van der Waals surface area contributed by atoms with E-state index in [4.69, 9.17) is 16.2 Å². The predicted octanol–water partition coefficient (Wildman–Crippen LogP) is 1.28. The second-order valence-corrected chi connectivity index (χ2v) is 4.52. The number of carbonyl (C=O) groups excluding carboxylic acids is 1. The van der Waals surface area contributed by atoms with Gasteiger partial charge in [0.15, 0.2) is 6.10 Å². The molecule has 1 aromatic rings. The van der Waals surface area contributed by atoms with Gasteiger partial charge in [-0.1, -0.05) is 6.07 Å². The maximum Gasteiger partial charge on any atom is 0.258 e. The van der Waals surface area contributed by atoms with Gasteiger partial charge >= 0.3 is 0 Å². The molecule has 17 heavy (non-hydrogen) atoms. The Kier molecular flexibility index (Phi) is 3.33. The molecule has 4 heteroatoms. The number of nitrogens with two attached hydrogens (primary N) is 2. The monoisotopic (exact) mass is 234 g/mol. The molecule has 0 spiro atoms. The molecule has 2 rings (SSSR count). The van der Waals surface area contributed by atoms with Crippen LogP contribution in [0.2, 0.25) is 0 Å². The van der Waals surface area contributed by atoms with Crippen molar-refractivity contribution in [2.75, 3.05) is 0 Å². The van der Waals surface area contributed by atoms with Gasteiger partial charge in [0.25, 0.3) is 5.91 Å². The first-order chi connectivity index (χ1) is 8.08. The molecule has 1 aliphatic carbocycles. The number of carbonyl (C=O) groups is 1. The van der Waals surface area contributed by atoms with Crippen LogP contribution in [0.15, 0.2) is 18.2 Å². The molecule has 0 aromatic heterocycles. The maximum absolute atomic E-state index is 10.9. The summed E-state index contributed by atoms with van der Waals surface area (Å²) in [7, 11) is 0. The van der Waals surface area contributed by atoms with Gasteiger partial charge in [-0.3, -0.25) is 4.79 Å². The maximum atomic E-state index is 10.9. The van der Waals surface area contributed by atoms with Crippen LogP contribution in [0.25, 0.3) is 0 Å². The van der Waals surface area contributed by atoms with Crippen LogP contribution in [0.5, 0.6) is 5.75 Å². The minimum atomic E-state index is -0.606. The summed E-state index contributed by atoms with van der Waals surface area (Å²) in [5, 5.41) is 0. The molecule has 0 aliphatic heterocycles. The van der Waals surface area contributed by atoms with Crippen LogP contribution >= 0.6 is 0 Å². The summed E-state index contributed by atoms with van der Waals surface area (Å²) in [5.41, 5.74) is 13.6. The first-order valence-corrected chi connectivity index (χ1v) is 5.92. The molecule has 0 bridgehead atoms. The van der Waals surface area contributed by atoms with Gasteiger partial charge in [-0.05, 0) is 49.4 Å². The van der Waals surface area contributed by atoms with Crippen LogP contribution < -0.4 is 16.2 Å². The van der Waals surface area contributed by atoms with Crippen molar-refractivity contribution < 1.29 is 9.53 Å². The lowest BCUT2D eigenvalue weighted by atomic mass is 9.88. The van der Waals surface area contributed by atoms with E-state index in [1.807, 2.05) is 18.2 Å². The second-order valence-electron chi connectivity index (χ2n) is 4.52. The van der Waals surface area contributed by atoms with E-state index in [9.17, 15) is 4.79 Å². The molecule has 1 aliphatic rings. The SMILES string of the molecule is CC(Oc1ccc2c(c1)CCCC2N)C(N)=O. The molecule has 1 amide bonds. The molecule has 2 unspecified atom stereocenters. The summed E-state index contributed by atoms with van der Waals surface area (Å²) < 4.78 is 5.46. The van der Waals surface area contributed by atoms with Gasteiger partial charge in [-0.2, -0.15) is 0 Å². The molecule has 92 valence electrons. The lowest BCUT2D eigenvalue weighted by Gasteiger charge is -2.23. The Morgan fingerprint density at radius 2 is 2.29 bits per heavy atom. The molecular weight excluding hydrogens is 216 g/mol. The van der Waals surface area contributed by atoms with Gasteiger partial charge in [0.05, 0.1) is 0 Å². The Hall–Kier alpha value is -1.55. The van der Waals surface area contributed by atoms with Gasteiger partial charge in [0.2, 0.25) is 0 Å². The number of primary amides is 1. The summed E-state index contributed by atoms with van der Waals surface area (Å²) >= 11 is 0. The molecule has 2 atom stereocenters. The van der Waals surface area contributed by atoms with Crippen LogP contribution in [-0.4, -0.2) is 12.0 Å². The van der Waals surface area contributed by atoms with Gasteiger partial charge < -0.3 is 16.2 Å². The van der Waals surface area contributed by atoms with Crippen molar-refractivity contribution in [3.05, 3.63) is 29.3 Å². The fourth-order valence-corrected chi connectivity index (χ4v) is 2.16. The van der Waals surface area contributed by atoms with Crippen molar-refractivity contribution in [2.24, 2.45) is 11.5 Å². The van der Waals surface area contributed by atoms with E-state index in [2.05, 4.69) is 0 Å². The third kappa shape index (κ3) is 2.58. The molecular formula is C13H18N2O2. The minimum Gasteiger partial charge on any atom is -0.481 e. The van der Waals surface area contributed by atoms with Gasteiger partial charge in [0, 0.05) is 6.04 Å². The average Bonchev–Trinajstić information content (AvgIpc) is 2.29. The highest BCUT2D eigenvalue weighted by atomic mass is 16.5. The van der Waals surface area contributed by atoms with Crippen LogP contribution in [-0.2, 0) is 11.2 Å². The fourth-order valence-electron chi connectivity index (χ4n) is 2.16. The number of hydrogen-bond acceptors (Lipinski definition) is 3. The minimum absolute atomic E-state index is 0.126. The van der Waals surface area contributed by atoms with Gasteiger partial charge in [0.1, 0.15) is 5.75 Å². The number of ether oxygens (including phenoxy) is 1. The summed E-state index contributed by atoms with van der Waals surface area (Å²) in [6.07, 6.45) is 2.55. The molecule has 1 aromatic carbocycles. The highest BCUT2D eigenvalue weighted by Gasteiger charge is 2.18. The first-order valence-electron chi connectivity index (χ1n) is 5.92. The average molecular weight is 234 g/mol. The molecule has 0 radical (unpaired) electrons. The zero-order chi connectivity index (χ0) is 12.4. The van der Waals surface area contributed by atoms with Crippen LogP contribution in [0.4, 0.5) is 0 Å². The van der Waals surface area contributed by atoms with E-state index >= 15 is 0 Å². The molecule has 0 heterocycles. The van der Waals surface area contributed by atoms with Crippen molar-refractivity contribution in [1.29, 1.82) is 0 Å². The molecule has 0 saturated carbocycles. The van der Waals surface area contributed by atoms with E-state index in [0.29, 0.717) is 5.75 Å². The lowest BCUT2D eigenvalue weighted by molar-refractivity contribution is -0.123. The van der Waals surface area contributed by atoms with Crippen LogP contribution in [0.3, 0.4) is 0 Å². The predicted molar refractivity (Wildman–Crippen MR) is 65.6 cm³/mol. The number of fused-ring (bicyclic) bond motifs is 1. The van der Waals surface area contributed by atoms with Crippen molar-refractivity contribution in [3.8, 4) is 5.75 Å². The highest BCUT2D eigenvalue weighted by molar-refractivity contribution is 5.78. The zero-order valence-corrected chi connectivity index (χ0v) is 9.98. The fraction of sp³-hybridized carbons (Fsp3) is 0.462. The van der Waals surface area contributed by atoms with Crippen molar-refractivity contribution in [2.45, 2.75) is 38.3 Å². The lowest BCUT2D eigenvalue weighted by Crippen LogP contribution is -2.30. The molecule has 0 fully saturated rings. The third-order valence-electron chi connectivity index (χ3n) is 3.19. The normalized spacial score (nSPS) is 20.5. The Morgan fingerprint density at radius 3 is 3.00 bits per heavy atom. The van der Waals surface area contributed by atoms with Gasteiger partial charge in [-0.15, -0.1) is 0 Å². The van der Waals surface area contributed by atoms with Gasteiger partial charge in [-0.25, -0.2) is 0 Å². The Balaban J connectivity index is 2.19. The summed E-state index contributed by atoms with van der Waals surface area (Å²) in [6, 6.07) is 5.93. The van der Waals surface area contributed by atoms with E-state index in [1.165, 1.54) is 11.1 Å². The number of aryl methyl sites for hydroxylation is 1. The quantitative estimate of drug-likeness (QED) is 0.826. The van der Waals surface area contributed by atoms with E-state index in [1.54, 1.807) is 6.92 Å². The number of amides is 1. The largest absolute Gasteiger partial charge is 0.481 e. The number of hydrogen-bond donors (Lipinski definition) is 2. The Bertz CT molecular complexity index is 431. The summed E-state index contributed by atoms with van der Waals surface area (Å²) in [5.74, 6) is 0.226. The number of rotatable bonds is 3. The summed E-state index contributed by atoms with van der Waals surface area (Å²) in [6.45, 7) is 1.65. The standard InChI is InChI=1S/C13H18N2O2/c1-8(13(15)16)17-10-5-6-11-9(7-10)3-2-4-12(11)14/h5-8,12H,2-4,14H2,1H3,(H2,15,16). The molecule has 0 saturated heterocycles. The molecule has 4 nitrogen and oxygen atoms in total. The van der Waals surface area contributed by atoms with E-state index in [-0.39, 0.29) is 6.04 Å².